The van der Waals surface area contributed by atoms with Crippen LogP contribution in [0.1, 0.15) is 31.9 Å². The van der Waals surface area contributed by atoms with E-state index in [1.807, 2.05) is 0 Å². The summed E-state index contributed by atoms with van der Waals surface area (Å²) >= 11 is 0. The van der Waals surface area contributed by atoms with Crippen LogP contribution in [0.25, 0.3) is 0 Å². The third-order valence-electron chi connectivity index (χ3n) is 2.85. The predicted octanol–water partition coefficient (Wildman–Crippen LogP) is 1.58. The second-order valence-electron chi connectivity index (χ2n) is 6.04. The molecule has 0 fully saturated rings. The zero-order chi connectivity index (χ0) is 17.6. The minimum atomic E-state index is -0.892. The van der Waals surface area contributed by atoms with Crippen LogP contribution in [0.15, 0.2) is 24.3 Å². The average molecular weight is 321 g/mol. The summed E-state index contributed by atoms with van der Waals surface area (Å²) in [6, 6.07) is 6.00. The van der Waals surface area contributed by atoms with Crippen molar-refractivity contribution in [2.24, 2.45) is 5.73 Å². The van der Waals surface area contributed by atoms with Crippen LogP contribution in [-0.4, -0.2) is 36.7 Å². The van der Waals surface area contributed by atoms with Gasteiger partial charge in [-0.2, -0.15) is 0 Å². The quantitative estimate of drug-likeness (QED) is 0.433. The van der Waals surface area contributed by atoms with Crippen molar-refractivity contribution >= 4 is 17.9 Å². The first-order chi connectivity index (χ1) is 10.6. The van der Waals surface area contributed by atoms with Crippen LogP contribution in [0.5, 0.6) is 0 Å². The highest BCUT2D eigenvalue weighted by atomic mass is 16.6. The summed E-state index contributed by atoms with van der Waals surface area (Å²) in [5, 5.41) is 9.94. The molecule has 0 heterocycles. The normalized spacial score (nSPS) is 12.2. The van der Waals surface area contributed by atoms with Crippen molar-refractivity contribution in [2.45, 2.75) is 38.8 Å². The van der Waals surface area contributed by atoms with Gasteiger partial charge in [0.2, 0.25) is 0 Å². The molecule has 7 heteroatoms. The summed E-state index contributed by atoms with van der Waals surface area (Å²) in [6.07, 6.45) is -0.497. The van der Waals surface area contributed by atoms with Gasteiger partial charge in [0.15, 0.2) is 0 Å². The fourth-order valence-electron chi connectivity index (χ4n) is 1.89. The highest BCUT2D eigenvalue weighted by molar-refractivity contribution is 5.95. The van der Waals surface area contributed by atoms with Crippen molar-refractivity contribution in [3.63, 3.8) is 0 Å². The molecule has 1 amide bonds. The Morgan fingerprint density at radius 2 is 2.00 bits per heavy atom. The van der Waals surface area contributed by atoms with E-state index >= 15 is 0 Å². The minimum Gasteiger partial charge on any atom is -0.467 e. The van der Waals surface area contributed by atoms with Crippen LogP contribution in [-0.2, 0) is 20.7 Å². The Balaban J connectivity index is 2.87. The largest absolute Gasteiger partial charge is 0.467 e. The summed E-state index contributed by atoms with van der Waals surface area (Å²) in [6.45, 7) is 5.20. The molecule has 126 valence electrons. The van der Waals surface area contributed by atoms with Crippen LogP contribution in [0, 0.1) is 5.41 Å². The fourth-order valence-corrected chi connectivity index (χ4v) is 1.89. The Kier molecular flexibility index (Phi) is 6.12. The molecule has 0 aromatic heterocycles. The number of hydrogen-bond donors (Lipinski definition) is 3. The Labute approximate surface area is 135 Å². The summed E-state index contributed by atoms with van der Waals surface area (Å²) in [5.41, 5.74) is 6.07. The Hall–Kier alpha value is -2.57. The lowest BCUT2D eigenvalue weighted by Gasteiger charge is -2.22. The molecule has 0 aliphatic heterocycles. The van der Waals surface area contributed by atoms with Crippen molar-refractivity contribution in [1.29, 1.82) is 5.41 Å². The van der Waals surface area contributed by atoms with E-state index in [-0.39, 0.29) is 12.3 Å². The van der Waals surface area contributed by atoms with Crippen molar-refractivity contribution < 1.29 is 19.1 Å². The molecule has 1 rings (SSSR count). The number of nitrogen functional groups attached to an aromatic ring is 1. The molecule has 0 aliphatic carbocycles. The molecule has 0 spiro atoms. The van der Waals surface area contributed by atoms with Gasteiger partial charge in [-0.05, 0) is 32.4 Å². The van der Waals surface area contributed by atoms with Crippen molar-refractivity contribution in [3.8, 4) is 0 Å². The van der Waals surface area contributed by atoms with E-state index in [2.05, 4.69) is 5.32 Å². The predicted molar refractivity (Wildman–Crippen MR) is 86.3 cm³/mol. The number of amides is 1. The third kappa shape index (κ3) is 6.37. The van der Waals surface area contributed by atoms with Gasteiger partial charge in [0.05, 0.1) is 7.11 Å². The number of hydrogen-bond acceptors (Lipinski definition) is 5. The van der Waals surface area contributed by atoms with E-state index < -0.39 is 23.7 Å². The number of amidine groups is 1. The highest BCUT2D eigenvalue weighted by Crippen LogP contribution is 2.10. The van der Waals surface area contributed by atoms with E-state index in [9.17, 15) is 9.59 Å². The highest BCUT2D eigenvalue weighted by Gasteiger charge is 2.25. The van der Waals surface area contributed by atoms with Gasteiger partial charge >= 0.3 is 12.1 Å². The summed E-state index contributed by atoms with van der Waals surface area (Å²) in [7, 11) is 1.25. The molecule has 0 bridgehead atoms. The van der Waals surface area contributed by atoms with Gasteiger partial charge in [-0.15, -0.1) is 0 Å². The number of nitrogens with one attached hydrogen (secondary N) is 2. The smallest absolute Gasteiger partial charge is 0.408 e. The Bertz CT molecular complexity index is 593. The zero-order valence-corrected chi connectivity index (χ0v) is 13.8. The number of ether oxygens (including phenoxy) is 2. The topological polar surface area (TPSA) is 115 Å². The standard InChI is InChI=1S/C16H23N3O4/c1-16(2,3)23-15(21)19-12(14(20)22-4)9-10-6-5-7-11(8-10)13(17)18/h5-8,12H,9H2,1-4H3,(H3,17,18)(H,19,21)/t12-/m0/s1. The van der Waals surface area contributed by atoms with Crippen LogP contribution < -0.4 is 11.1 Å². The maximum atomic E-state index is 11.9. The molecule has 1 aromatic rings. The number of alkyl carbamates (subject to hydrolysis) is 1. The first kappa shape index (κ1) is 18.5. The summed E-state index contributed by atoms with van der Waals surface area (Å²) in [4.78, 5) is 23.7. The molecule has 0 radical (unpaired) electrons. The molecule has 1 aromatic carbocycles. The lowest BCUT2D eigenvalue weighted by atomic mass is 10.0. The molecule has 0 saturated carbocycles. The van der Waals surface area contributed by atoms with Gasteiger partial charge in [0.25, 0.3) is 0 Å². The average Bonchev–Trinajstić information content (AvgIpc) is 2.44. The molecule has 0 aliphatic rings. The number of methoxy groups -OCH3 is 1. The van der Waals surface area contributed by atoms with Gasteiger partial charge < -0.3 is 20.5 Å². The molecular weight excluding hydrogens is 298 g/mol. The number of rotatable bonds is 5. The van der Waals surface area contributed by atoms with E-state index in [4.69, 9.17) is 20.6 Å². The lowest BCUT2D eigenvalue weighted by Crippen LogP contribution is -2.45. The zero-order valence-electron chi connectivity index (χ0n) is 13.8. The maximum absolute atomic E-state index is 11.9. The van der Waals surface area contributed by atoms with Crippen molar-refractivity contribution in [1.82, 2.24) is 5.32 Å². The molecule has 23 heavy (non-hydrogen) atoms. The number of carbonyl (C=O) groups excluding carboxylic acids is 2. The monoisotopic (exact) mass is 321 g/mol. The first-order valence-electron chi connectivity index (χ1n) is 7.13. The SMILES string of the molecule is COC(=O)[C@H](Cc1cccc(C(=N)N)c1)NC(=O)OC(C)(C)C. The minimum absolute atomic E-state index is 0.0680. The van der Waals surface area contributed by atoms with Crippen molar-refractivity contribution in [3.05, 3.63) is 35.4 Å². The maximum Gasteiger partial charge on any atom is 0.408 e. The number of carbonyl (C=O) groups is 2. The second kappa shape index (κ2) is 7.62. The van der Waals surface area contributed by atoms with Gasteiger partial charge in [-0.1, -0.05) is 18.2 Å². The van der Waals surface area contributed by atoms with Crippen LogP contribution in [0.2, 0.25) is 0 Å². The molecule has 0 saturated heterocycles. The van der Waals surface area contributed by atoms with Gasteiger partial charge in [-0.3, -0.25) is 5.41 Å². The van der Waals surface area contributed by atoms with Gasteiger partial charge in [0.1, 0.15) is 17.5 Å². The van der Waals surface area contributed by atoms with Crippen LogP contribution in [0.3, 0.4) is 0 Å². The van der Waals surface area contributed by atoms with E-state index in [1.165, 1.54) is 7.11 Å². The summed E-state index contributed by atoms with van der Waals surface area (Å²) < 4.78 is 9.87. The molecular formula is C16H23N3O4. The Morgan fingerprint density at radius 1 is 1.35 bits per heavy atom. The van der Waals surface area contributed by atoms with E-state index in [1.54, 1.807) is 45.0 Å². The molecule has 1 atom stereocenters. The third-order valence-corrected chi connectivity index (χ3v) is 2.85. The van der Waals surface area contributed by atoms with Crippen molar-refractivity contribution in [2.75, 3.05) is 7.11 Å². The van der Waals surface area contributed by atoms with Crippen LogP contribution in [0.4, 0.5) is 4.79 Å². The molecule has 0 unspecified atom stereocenters. The fraction of sp³-hybridized carbons (Fsp3) is 0.438. The number of esters is 1. The Morgan fingerprint density at radius 3 is 2.52 bits per heavy atom. The van der Waals surface area contributed by atoms with Gasteiger partial charge in [0, 0.05) is 12.0 Å². The molecule has 7 nitrogen and oxygen atoms in total. The van der Waals surface area contributed by atoms with Gasteiger partial charge in [-0.25, -0.2) is 9.59 Å². The number of benzene rings is 1. The molecule has 4 N–H and O–H groups in total. The first-order valence-corrected chi connectivity index (χ1v) is 7.13. The van der Waals surface area contributed by atoms with E-state index in [0.717, 1.165) is 5.56 Å². The number of nitrogens with two attached hydrogens (primary N) is 1. The second-order valence-corrected chi connectivity index (χ2v) is 6.04. The van der Waals surface area contributed by atoms with E-state index in [0.29, 0.717) is 5.56 Å². The lowest BCUT2D eigenvalue weighted by molar-refractivity contribution is -0.143. The van der Waals surface area contributed by atoms with Crippen LogP contribution >= 0.6 is 0 Å². The summed E-state index contributed by atoms with van der Waals surface area (Å²) in [5.74, 6) is -0.648.